The van der Waals surface area contributed by atoms with E-state index < -0.39 is 0 Å². The standard InChI is InChI=1S/C16H17N7O/c24-15(22-9-4-10-23-16(22)17-19-20-23)14-8-12-21(18-14)11-7-13-5-2-1-3-6-13/h1-3,5-6,8,12H,4,7,9-11H2. The average Bonchev–Trinajstić information content (AvgIpc) is 3.29. The molecule has 8 nitrogen and oxygen atoms in total. The van der Waals surface area contributed by atoms with E-state index in [1.165, 1.54) is 5.56 Å². The van der Waals surface area contributed by atoms with Gasteiger partial charge in [0.05, 0.1) is 0 Å². The van der Waals surface area contributed by atoms with Crippen LogP contribution in [0.15, 0.2) is 42.6 Å². The van der Waals surface area contributed by atoms with Crippen molar-refractivity contribution in [3.05, 3.63) is 53.9 Å². The zero-order valence-electron chi connectivity index (χ0n) is 13.1. The second-order valence-electron chi connectivity index (χ2n) is 5.71. The summed E-state index contributed by atoms with van der Waals surface area (Å²) in [6.07, 6.45) is 3.54. The summed E-state index contributed by atoms with van der Waals surface area (Å²) in [6, 6.07) is 12.0. The van der Waals surface area contributed by atoms with E-state index in [0.717, 1.165) is 25.9 Å². The van der Waals surface area contributed by atoms with Crippen molar-refractivity contribution in [3.8, 4) is 0 Å². The van der Waals surface area contributed by atoms with Gasteiger partial charge in [-0.05, 0) is 34.9 Å². The van der Waals surface area contributed by atoms with Crippen LogP contribution in [0.25, 0.3) is 0 Å². The van der Waals surface area contributed by atoms with Gasteiger partial charge in [-0.1, -0.05) is 35.4 Å². The first kappa shape index (κ1) is 14.6. The first-order chi connectivity index (χ1) is 11.8. The number of carbonyl (C=O) groups excluding carboxylic acids is 1. The highest BCUT2D eigenvalue weighted by Gasteiger charge is 2.27. The Bertz CT molecular complexity index is 839. The largest absolute Gasteiger partial charge is 0.281 e. The molecule has 122 valence electrons. The molecule has 0 spiro atoms. The lowest BCUT2D eigenvalue weighted by molar-refractivity contribution is 0.0974. The van der Waals surface area contributed by atoms with Crippen molar-refractivity contribution >= 4 is 11.9 Å². The van der Waals surface area contributed by atoms with Gasteiger partial charge in [0.2, 0.25) is 0 Å². The number of hydrogen-bond acceptors (Lipinski definition) is 5. The summed E-state index contributed by atoms with van der Waals surface area (Å²) in [5.41, 5.74) is 1.66. The maximum absolute atomic E-state index is 12.7. The number of aryl methyl sites for hydroxylation is 3. The molecule has 3 aromatic rings. The maximum Gasteiger partial charge on any atom is 0.281 e. The van der Waals surface area contributed by atoms with Crippen molar-refractivity contribution in [1.82, 2.24) is 30.0 Å². The molecular weight excluding hydrogens is 306 g/mol. The van der Waals surface area contributed by atoms with Gasteiger partial charge in [0.1, 0.15) is 0 Å². The van der Waals surface area contributed by atoms with Crippen LogP contribution in [0.1, 0.15) is 22.5 Å². The first-order valence-electron chi connectivity index (χ1n) is 7.97. The number of aromatic nitrogens is 6. The van der Waals surface area contributed by atoms with E-state index in [1.54, 1.807) is 20.3 Å². The fourth-order valence-electron chi connectivity index (χ4n) is 2.84. The maximum atomic E-state index is 12.7. The number of hydrogen-bond donors (Lipinski definition) is 0. The lowest BCUT2D eigenvalue weighted by atomic mass is 10.2. The van der Waals surface area contributed by atoms with Gasteiger partial charge < -0.3 is 0 Å². The summed E-state index contributed by atoms with van der Waals surface area (Å²) in [7, 11) is 0. The fraction of sp³-hybridized carbons (Fsp3) is 0.312. The second-order valence-corrected chi connectivity index (χ2v) is 5.71. The normalized spacial score (nSPS) is 13.8. The minimum absolute atomic E-state index is 0.163. The summed E-state index contributed by atoms with van der Waals surface area (Å²) in [5, 5.41) is 15.9. The molecule has 1 amide bonds. The van der Waals surface area contributed by atoms with E-state index in [1.807, 2.05) is 24.4 Å². The Balaban J connectivity index is 1.46. The highest BCUT2D eigenvalue weighted by atomic mass is 16.2. The predicted octanol–water partition coefficient (Wildman–Crippen LogP) is 1.16. The van der Waals surface area contributed by atoms with Gasteiger partial charge in [-0.25, -0.2) is 4.68 Å². The first-order valence-corrected chi connectivity index (χ1v) is 7.97. The molecule has 1 aromatic carbocycles. The molecule has 0 aliphatic carbocycles. The van der Waals surface area contributed by atoms with Crippen LogP contribution in [-0.2, 0) is 19.5 Å². The molecule has 0 unspecified atom stereocenters. The van der Waals surface area contributed by atoms with Gasteiger partial charge in [0.15, 0.2) is 5.69 Å². The van der Waals surface area contributed by atoms with Crippen LogP contribution < -0.4 is 4.90 Å². The Labute approximate surface area is 138 Å². The average molecular weight is 323 g/mol. The Morgan fingerprint density at radius 2 is 2.00 bits per heavy atom. The molecule has 0 N–H and O–H groups in total. The zero-order valence-corrected chi connectivity index (χ0v) is 13.1. The monoisotopic (exact) mass is 323 g/mol. The molecule has 4 rings (SSSR count). The third-order valence-electron chi connectivity index (χ3n) is 4.08. The minimum atomic E-state index is -0.163. The summed E-state index contributed by atoms with van der Waals surface area (Å²) in [5.74, 6) is 0.328. The van der Waals surface area contributed by atoms with Crippen LogP contribution >= 0.6 is 0 Å². The Kier molecular flexibility index (Phi) is 3.78. The number of rotatable bonds is 4. The molecule has 0 saturated heterocycles. The van der Waals surface area contributed by atoms with Gasteiger partial charge in [-0.3, -0.25) is 14.4 Å². The number of fused-ring (bicyclic) bond motifs is 1. The summed E-state index contributed by atoms with van der Waals surface area (Å²) in [6.45, 7) is 2.07. The number of nitrogens with zero attached hydrogens (tertiary/aromatic N) is 7. The number of tetrazole rings is 1. The molecule has 1 aliphatic heterocycles. The van der Waals surface area contributed by atoms with Gasteiger partial charge in [0.25, 0.3) is 11.9 Å². The Morgan fingerprint density at radius 1 is 1.12 bits per heavy atom. The third-order valence-corrected chi connectivity index (χ3v) is 4.08. The molecule has 0 fully saturated rings. The molecule has 8 heteroatoms. The van der Waals surface area contributed by atoms with Gasteiger partial charge in [-0.15, -0.1) is 0 Å². The number of anilines is 1. The molecule has 0 radical (unpaired) electrons. The van der Waals surface area contributed by atoms with Crippen molar-refractivity contribution in [1.29, 1.82) is 0 Å². The molecule has 0 bridgehead atoms. The van der Waals surface area contributed by atoms with E-state index in [-0.39, 0.29) is 5.91 Å². The molecular formula is C16H17N7O. The van der Waals surface area contributed by atoms with Gasteiger partial charge in [-0.2, -0.15) is 5.10 Å². The van der Waals surface area contributed by atoms with Crippen LogP contribution in [-0.4, -0.2) is 42.4 Å². The highest BCUT2D eigenvalue weighted by Crippen LogP contribution is 2.18. The van der Waals surface area contributed by atoms with Crippen molar-refractivity contribution in [3.63, 3.8) is 0 Å². The van der Waals surface area contributed by atoms with Crippen LogP contribution in [0.3, 0.4) is 0 Å². The number of amides is 1. The van der Waals surface area contributed by atoms with E-state index in [0.29, 0.717) is 18.2 Å². The quantitative estimate of drug-likeness (QED) is 0.720. The molecule has 3 heterocycles. The molecule has 24 heavy (non-hydrogen) atoms. The summed E-state index contributed by atoms with van der Waals surface area (Å²) < 4.78 is 3.45. The Morgan fingerprint density at radius 3 is 2.88 bits per heavy atom. The van der Waals surface area contributed by atoms with Crippen LogP contribution in [0.4, 0.5) is 5.95 Å². The lowest BCUT2D eigenvalue weighted by Crippen LogP contribution is -2.38. The van der Waals surface area contributed by atoms with Crippen LogP contribution in [0, 0.1) is 0 Å². The van der Waals surface area contributed by atoms with Crippen molar-refractivity contribution in [2.45, 2.75) is 25.9 Å². The third kappa shape index (κ3) is 2.78. The van der Waals surface area contributed by atoms with E-state index in [9.17, 15) is 4.79 Å². The highest BCUT2D eigenvalue weighted by molar-refractivity contribution is 6.03. The fourth-order valence-corrected chi connectivity index (χ4v) is 2.84. The van der Waals surface area contributed by atoms with Crippen LogP contribution in [0.5, 0.6) is 0 Å². The van der Waals surface area contributed by atoms with Crippen molar-refractivity contribution < 1.29 is 4.79 Å². The molecule has 1 aliphatic rings. The smallest absolute Gasteiger partial charge is 0.274 e. The van der Waals surface area contributed by atoms with Crippen LogP contribution in [0.2, 0.25) is 0 Å². The molecule has 0 saturated carbocycles. The number of carbonyl (C=O) groups is 1. The lowest BCUT2D eigenvalue weighted by Gasteiger charge is -2.24. The van der Waals surface area contributed by atoms with E-state index in [2.05, 4.69) is 32.8 Å². The predicted molar refractivity (Wildman–Crippen MR) is 86.5 cm³/mol. The van der Waals surface area contributed by atoms with Crippen molar-refractivity contribution in [2.75, 3.05) is 11.4 Å². The van der Waals surface area contributed by atoms with Gasteiger partial charge >= 0.3 is 0 Å². The topological polar surface area (TPSA) is 81.7 Å². The van der Waals surface area contributed by atoms with Gasteiger partial charge in [0, 0.05) is 25.8 Å². The summed E-state index contributed by atoms with van der Waals surface area (Å²) >= 11 is 0. The molecule has 0 atom stereocenters. The summed E-state index contributed by atoms with van der Waals surface area (Å²) in [4.78, 5) is 14.3. The number of benzene rings is 1. The van der Waals surface area contributed by atoms with E-state index >= 15 is 0 Å². The minimum Gasteiger partial charge on any atom is -0.274 e. The van der Waals surface area contributed by atoms with E-state index in [4.69, 9.17) is 0 Å². The Hall–Kier alpha value is -3.03. The van der Waals surface area contributed by atoms with Crippen molar-refractivity contribution in [2.24, 2.45) is 0 Å². The zero-order chi connectivity index (χ0) is 16.4. The molecule has 2 aromatic heterocycles. The second kappa shape index (κ2) is 6.23. The SMILES string of the molecule is O=C(c1ccn(CCc2ccccc2)n1)N1CCCn2nnnc21.